The minimum Gasteiger partial charge on any atom is -0.365 e. The van der Waals surface area contributed by atoms with Crippen molar-refractivity contribution < 1.29 is 4.79 Å². The zero-order valence-corrected chi connectivity index (χ0v) is 8.37. The second-order valence-electron chi connectivity index (χ2n) is 3.14. The van der Waals surface area contributed by atoms with Crippen molar-refractivity contribution in [3.8, 4) is 0 Å². The third kappa shape index (κ3) is 1.67. The summed E-state index contributed by atoms with van der Waals surface area (Å²) in [7, 11) is 0. The highest BCUT2D eigenvalue weighted by Crippen LogP contribution is 2.27. The van der Waals surface area contributed by atoms with Gasteiger partial charge in [-0.05, 0) is 24.5 Å². The van der Waals surface area contributed by atoms with Crippen LogP contribution in [0, 0.1) is 6.92 Å². The molecule has 0 aliphatic carbocycles. The van der Waals surface area contributed by atoms with Crippen molar-refractivity contribution in [1.29, 1.82) is 0 Å². The number of rotatable bonds is 2. The van der Waals surface area contributed by atoms with E-state index in [9.17, 15) is 4.79 Å². The van der Waals surface area contributed by atoms with Crippen LogP contribution >= 0.6 is 11.3 Å². The van der Waals surface area contributed by atoms with Gasteiger partial charge in [0.05, 0.1) is 4.88 Å². The number of carbonyl (C=O) groups excluding carboxylic acids is 1. The molecule has 0 unspecified atom stereocenters. The predicted octanol–water partition coefficient (Wildman–Crippen LogP) is 2.28. The van der Waals surface area contributed by atoms with Crippen LogP contribution in [0.5, 0.6) is 0 Å². The van der Waals surface area contributed by atoms with Crippen molar-refractivity contribution in [3.05, 3.63) is 21.4 Å². The lowest BCUT2D eigenvalue weighted by Gasteiger charge is -2.00. The first-order valence-corrected chi connectivity index (χ1v) is 4.74. The van der Waals surface area contributed by atoms with Crippen LogP contribution < -0.4 is 5.73 Å². The molecule has 0 aliphatic rings. The molecular weight excluding hydrogens is 170 g/mol. The second kappa shape index (κ2) is 3.27. The monoisotopic (exact) mass is 183 g/mol. The third-order valence-electron chi connectivity index (χ3n) is 1.82. The van der Waals surface area contributed by atoms with E-state index in [0.29, 0.717) is 10.8 Å². The van der Waals surface area contributed by atoms with Gasteiger partial charge in [-0.2, -0.15) is 0 Å². The molecule has 1 rings (SSSR count). The highest BCUT2D eigenvalue weighted by molar-refractivity contribution is 7.14. The minimum absolute atomic E-state index is 0.324. The number of amides is 1. The second-order valence-corrected chi connectivity index (χ2v) is 4.40. The van der Waals surface area contributed by atoms with Crippen molar-refractivity contribution in [2.45, 2.75) is 26.7 Å². The fourth-order valence-corrected chi connectivity index (χ4v) is 2.22. The van der Waals surface area contributed by atoms with Gasteiger partial charge in [-0.1, -0.05) is 13.8 Å². The van der Waals surface area contributed by atoms with Crippen LogP contribution in [-0.2, 0) is 0 Å². The van der Waals surface area contributed by atoms with Crippen LogP contribution in [0.15, 0.2) is 6.07 Å². The van der Waals surface area contributed by atoms with E-state index in [1.165, 1.54) is 21.8 Å². The Balaban J connectivity index is 3.09. The molecule has 0 spiro atoms. The van der Waals surface area contributed by atoms with Crippen LogP contribution in [0.4, 0.5) is 0 Å². The van der Waals surface area contributed by atoms with Crippen molar-refractivity contribution in [3.63, 3.8) is 0 Å². The molecule has 1 aromatic rings. The van der Waals surface area contributed by atoms with Crippen LogP contribution in [0.1, 0.15) is 39.9 Å². The average Bonchev–Trinajstić information content (AvgIpc) is 2.30. The fraction of sp³-hybridized carbons (Fsp3) is 0.444. The van der Waals surface area contributed by atoms with Gasteiger partial charge in [-0.3, -0.25) is 4.79 Å². The third-order valence-corrected chi connectivity index (χ3v) is 2.90. The number of hydrogen-bond acceptors (Lipinski definition) is 2. The average molecular weight is 183 g/mol. The molecule has 0 atom stereocenters. The lowest BCUT2D eigenvalue weighted by Crippen LogP contribution is -2.08. The SMILES string of the molecule is Cc1sc(C(N)=O)cc1C(C)C. The molecule has 12 heavy (non-hydrogen) atoms. The summed E-state index contributed by atoms with van der Waals surface area (Å²) in [6.45, 7) is 6.24. The number of carbonyl (C=O) groups is 1. The molecule has 0 fully saturated rings. The van der Waals surface area contributed by atoms with Crippen molar-refractivity contribution in [1.82, 2.24) is 0 Å². The normalized spacial score (nSPS) is 10.7. The summed E-state index contributed by atoms with van der Waals surface area (Å²) in [5.74, 6) is 0.143. The molecule has 1 heterocycles. The highest BCUT2D eigenvalue weighted by Gasteiger charge is 2.11. The van der Waals surface area contributed by atoms with Crippen molar-refractivity contribution in [2.75, 3.05) is 0 Å². The van der Waals surface area contributed by atoms with Gasteiger partial charge >= 0.3 is 0 Å². The summed E-state index contributed by atoms with van der Waals surface area (Å²) in [5, 5.41) is 0. The Hall–Kier alpha value is -0.830. The van der Waals surface area contributed by atoms with E-state index in [1.807, 2.05) is 13.0 Å². The van der Waals surface area contributed by atoms with Gasteiger partial charge in [0.2, 0.25) is 0 Å². The Kier molecular flexibility index (Phi) is 2.52. The van der Waals surface area contributed by atoms with E-state index in [-0.39, 0.29) is 5.91 Å². The summed E-state index contributed by atoms with van der Waals surface area (Å²) in [6.07, 6.45) is 0. The molecule has 0 aromatic carbocycles. The Morgan fingerprint density at radius 2 is 2.17 bits per heavy atom. The summed E-state index contributed by atoms with van der Waals surface area (Å²) in [4.78, 5) is 12.7. The van der Waals surface area contributed by atoms with Gasteiger partial charge in [-0.25, -0.2) is 0 Å². The first kappa shape index (κ1) is 9.26. The van der Waals surface area contributed by atoms with Crippen LogP contribution in [0.2, 0.25) is 0 Å². The van der Waals surface area contributed by atoms with Crippen molar-refractivity contribution >= 4 is 17.2 Å². The lowest BCUT2D eigenvalue weighted by molar-refractivity contribution is 0.100. The molecule has 2 nitrogen and oxygen atoms in total. The standard InChI is InChI=1S/C9H13NOS/c1-5(2)7-4-8(9(10)11)12-6(7)3/h4-5H,1-3H3,(H2,10,11). The number of hydrogen-bond donors (Lipinski definition) is 1. The summed E-state index contributed by atoms with van der Waals surface area (Å²) in [6, 6.07) is 1.90. The van der Waals surface area contributed by atoms with Gasteiger partial charge in [0, 0.05) is 4.88 Å². The maximum Gasteiger partial charge on any atom is 0.258 e. The first-order valence-electron chi connectivity index (χ1n) is 3.92. The summed E-state index contributed by atoms with van der Waals surface area (Å²) in [5.41, 5.74) is 6.40. The van der Waals surface area contributed by atoms with Gasteiger partial charge in [0.1, 0.15) is 0 Å². The molecule has 0 aliphatic heterocycles. The van der Waals surface area contributed by atoms with Gasteiger partial charge in [-0.15, -0.1) is 11.3 Å². The van der Waals surface area contributed by atoms with E-state index in [2.05, 4.69) is 13.8 Å². The molecular formula is C9H13NOS. The fourth-order valence-electron chi connectivity index (χ4n) is 1.19. The molecule has 2 N–H and O–H groups in total. The van der Waals surface area contributed by atoms with E-state index < -0.39 is 0 Å². The molecule has 0 radical (unpaired) electrons. The zero-order chi connectivity index (χ0) is 9.30. The Morgan fingerprint density at radius 1 is 1.58 bits per heavy atom. The largest absolute Gasteiger partial charge is 0.365 e. The number of nitrogens with two attached hydrogens (primary N) is 1. The highest BCUT2D eigenvalue weighted by atomic mass is 32.1. The van der Waals surface area contributed by atoms with E-state index in [1.54, 1.807) is 0 Å². The molecule has 3 heteroatoms. The smallest absolute Gasteiger partial charge is 0.258 e. The van der Waals surface area contributed by atoms with Gasteiger partial charge in [0.25, 0.3) is 5.91 Å². The first-order chi connectivity index (χ1) is 5.52. The van der Waals surface area contributed by atoms with Crippen LogP contribution in [-0.4, -0.2) is 5.91 Å². The number of aryl methyl sites for hydroxylation is 1. The van der Waals surface area contributed by atoms with E-state index in [0.717, 1.165) is 0 Å². The number of primary amides is 1. The Labute approximate surface area is 76.4 Å². The number of thiophene rings is 1. The van der Waals surface area contributed by atoms with Crippen LogP contribution in [0.25, 0.3) is 0 Å². The van der Waals surface area contributed by atoms with E-state index >= 15 is 0 Å². The van der Waals surface area contributed by atoms with E-state index in [4.69, 9.17) is 5.73 Å². The maximum absolute atomic E-state index is 10.8. The van der Waals surface area contributed by atoms with Crippen LogP contribution in [0.3, 0.4) is 0 Å². The molecule has 0 bridgehead atoms. The lowest BCUT2D eigenvalue weighted by atomic mass is 10.0. The topological polar surface area (TPSA) is 43.1 Å². The summed E-state index contributed by atoms with van der Waals surface area (Å²) < 4.78 is 0. The molecule has 1 aromatic heterocycles. The van der Waals surface area contributed by atoms with Gasteiger partial charge < -0.3 is 5.73 Å². The Morgan fingerprint density at radius 3 is 2.42 bits per heavy atom. The zero-order valence-electron chi connectivity index (χ0n) is 7.55. The van der Waals surface area contributed by atoms with Gasteiger partial charge in [0.15, 0.2) is 0 Å². The molecule has 1 amide bonds. The predicted molar refractivity (Wildman–Crippen MR) is 51.7 cm³/mol. The molecule has 0 saturated carbocycles. The maximum atomic E-state index is 10.8. The van der Waals surface area contributed by atoms with Crippen molar-refractivity contribution in [2.24, 2.45) is 5.73 Å². The summed E-state index contributed by atoms with van der Waals surface area (Å²) >= 11 is 1.48. The molecule has 0 saturated heterocycles. The minimum atomic E-state index is -0.324. The molecule has 66 valence electrons. The quantitative estimate of drug-likeness (QED) is 0.751. The Bertz CT molecular complexity index is 301.